The minimum Gasteiger partial charge on any atom is -0.287 e. The highest BCUT2D eigenvalue weighted by Crippen LogP contribution is 2.21. The van der Waals surface area contributed by atoms with Crippen LogP contribution in [0.25, 0.3) is 0 Å². The minimum absolute atomic E-state index is 0.0848. The maximum atomic E-state index is 12.4. The van der Waals surface area contributed by atoms with Gasteiger partial charge in [-0.2, -0.15) is 10.2 Å². The van der Waals surface area contributed by atoms with Crippen molar-refractivity contribution in [1.82, 2.24) is 9.80 Å². The number of amides is 2. The molecule has 1 heterocycles. The van der Waals surface area contributed by atoms with Gasteiger partial charge in [-0.05, 0) is 38.2 Å². The summed E-state index contributed by atoms with van der Waals surface area (Å²) in [7, 11) is 0. The summed E-state index contributed by atoms with van der Waals surface area (Å²) < 4.78 is 0. The molecule has 1 aliphatic rings. The van der Waals surface area contributed by atoms with Crippen molar-refractivity contribution >= 4 is 40.5 Å². The molecule has 0 N–H and O–H groups in total. The molecule has 0 spiro atoms. The summed E-state index contributed by atoms with van der Waals surface area (Å²) in [6, 6.07) is 4.01. The van der Waals surface area contributed by atoms with Crippen molar-refractivity contribution in [2.24, 2.45) is 10.2 Å². The Hall–Kier alpha value is -2.75. The Morgan fingerprint density at radius 3 is 2.04 bits per heavy atom. The van der Waals surface area contributed by atoms with Crippen molar-refractivity contribution in [2.75, 3.05) is 13.1 Å². The molecule has 1 aromatic carbocycles. The van der Waals surface area contributed by atoms with Crippen LogP contribution in [-0.2, 0) is 9.59 Å². The van der Waals surface area contributed by atoms with Gasteiger partial charge in [0.1, 0.15) is 0 Å². The average Bonchev–Trinajstić information content (AvgIpc) is 2.56. The second-order valence-corrected chi connectivity index (χ2v) is 5.20. The van der Waals surface area contributed by atoms with E-state index >= 15 is 0 Å². The summed E-state index contributed by atoms with van der Waals surface area (Å²) in [4.78, 5) is 37.4. The molecule has 0 aromatic heterocycles. The van der Waals surface area contributed by atoms with Crippen LogP contribution < -0.4 is 0 Å². The predicted molar refractivity (Wildman–Crippen MR) is 88.8 cm³/mol. The lowest BCUT2D eigenvalue weighted by Crippen LogP contribution is -2.61. The summed E-state index contributed by atoms with van der Waals surface area (Å²) in [5.74, 6) is -1.05. The Kier molecular flexibility index (Phi) is 5.29. The van der Waals surface area contributed by atoms with Crippen molar-refractivity contribution in [1.29, 1.82) is 0 Å². The average molecular weight is 349 g/mol. The van der Waals surface area contributed by atoms with Gasteiger partial charge < -0.3 is 0 Å². The number of likely N-dealkylation sites (N-methyl/N-ethyl adjacent to an activating group) is 2. The molecule has 1 fully saturated rings. The van der Waals surface area contributed by atoms with Crippen molar-refractivity contribution in [2.45, 2.75) is 19.9 Å². The summed E-state index contributed by atoms with van der Waals surface area (Å²) in [5.41, 5.74) is 0.221. The third kappa shape index (κ3) is 3.27. The summed E-state index contributed by atoms with van der Waals surface area (Å²) in [5, 5.41) is 18.5. The molecule has 1 saturated heterocycles. The second-order valence-electron chi connectivity index (χ2n) is 4.84. The number of nitro benzene ring substituents is 1. The fraction of sp³-hybridized carbons (Fsp3) is 0.357. The van der Waals surface area contributed by atoms with Crippen LogP contribution >= 0.6 is 12.2 Å². The molecule has 24 heavy (non-hydrogen) atoms. The van der Waals surface area contributed by atoms with E-state index in [1.165, 1.54) is 34.1 Å². The van der Waals surface area contributed by atoms with E-state index in [4.69, 9.17) is 12.2 Å². The SMILES string of the molecule is CCN1C(=O)C(N=Nc2ccc([N+](=O)[O-])cc2)C(=O)N(CC)C1=S. The Labute approximate surface area is 143 Å². The van der Waals surface area contributed by atoms with Crippen molar-refractivity contribution < 1.29 is 14.5 Å². The largest absolute Gasteiger partial charge is 0.287 e. The van der Waals surface area contributed by atoms with E-state index in [-0.39, 0.29) is 10.8 Å². The van der Waals surface area contributed by atoms with Gasteiger partial charge in [0, 0.05) is 25.2 Å². The molecule has 1 aromatic rings. The van der Waals surface area contributed by atoms with Gasteiger partial charge in [-0.25, -0.2) is 0 Å². The number of nitrogens with zero attached hydrogens (tertiary/aromatic N) is 5. The van der Waals surface area contributed by atoms with E-state index in [2.05, 4.69) is 10.2 Å². The van der Waals surface area contributed by atoms with Crippen LogP contribution in [0.15, 0.2) is 34.5 Å². The Morgan fingerprint density at radius 1 is 1.12 bits per heavy atom. The third-order valence-corrected chi connectivity index (χ3v) is 3.88. The standard InChI is InChI=1S/C14H15N5O4S/c1-3-17-12(20)11(13(21)18(4-2)14(17)24)16-15-9-5-7-10(8-6-9)19(22)23/h5-8,11H,3-4H2,1-2H3. The molecule has 9 nitrogen and oxygen atoms in total. The Balaban J connectivity index is 2.25. The van der Waals surface area contributed by atoms with E-state index in [0.717, 1.165) is 0 Å². The fourth-order valence-corrected chi connectivity index (χ4v) is 2.62. The molecular weight excluding hydrogens is 334 g/mol. The summed E-state index contributed by atoms with van der Waals surface area (Å²) >= 11 is 5.14. The molecule has 126 valence electrons. The number of hydrogen-bond donors (Lipinski definition) is 0. The minimum atomic E-state index is -1.30. The van der Waals surface area contributed by atoms with Gasteiger partial charge in [0.25, 0.3) is 17.5 Å². The van der Waals surface area contributed by atoms with Crippen LogP contribution in [0, 0.1) is 10.1 Å². The molecule has 0 radical (unpaired) electrons. The van der Waals surface area contributed by atoms with Crippen LogP contribution in [0.4, 0.5) is 11.4 Å². The maximum absolute atomic E-state index is 12.4. The number of rotatable bonds is 5. The number of nitro groups is 1. The number of carbonyl (C=O) groups is 2. The molecule has 0 unspecified atom stereocenters. The van der Waals surface area contributed by atoms with E-state index < -0.39 is 22.8 Å². The van der Waals surface area contributed by atoms with Gasteiger partial charge in [0.2, 0.25) is 6.04 Å². The number of non-ortho nitro benzene ring substituents is 1. The first-order valence-corrected chi connectivity index (χ1v) is 7.63. The number of carbonyl (C=O) groups excluding carboxylic acids is 2. The van der Waals surface area contributed by atoms with Gasteiger partial charge in [-0.15, -0.1) is 0 Å². The zero-order valence-corrected chi connectivity index (χ0v) is 13.9. The van der Waals surface area contributed by atoms with Crippen LogP contribution in [0.3, 0.4) is 0 Å². The predicted octanol–water partition coefficient (Wildman–Crippen LogP) is 2.04. The highest BCUT2D eigenvalue weighted by Gasteiger charge is 2.42. The van der Waals surface area contributed by atoms with Gasteiger partial charge in [-0.1, -0.05) is 0 Å². The summed E-state index contributed by atoms with van der Waals surface area (Å²) in [6.45, 7) is 4.15. The molecule has 1 aliphatic heterocycles. The highest BCUT2D eigenvalue weighted by molar-refractivity contribution is 7.80. The maximum Gasteiger partial charge on any atom is 0.269 e. The Morgan fingerprint density at radius 2 is 1.62 bits per heavy atom. The molecule has 0 saturated carbocycles. The number of thiocarbonyl (C=S) groups is 1. The van der Waals surface area contributed by atoms with E-state index in [9.17, 15) is 19.7 Å². The zero-order chi connectivity index (χ0) is 17.9. The van der Waals surface area contributed by atoms with Gasteiger partial charge >= 0.3 is 0 Å². The number of benzene rings is 1. The highest BCUT2D eigenvalue weighted by atomic mass is 32.1. The second kappa shape index (κ2) is 7.21. The monoisotopic (exact) mass is 349 g/mol. The fourth-order valence-electron chi connectivity index (χ4n) is 2.18. The van der Waals surface area contributed by atoms with Crippen LogP contribution in [0.2, 0.25) is 0 Å². The first-order valence-electron chi connectivity index (χ1n) is 7.22. The van der Waals surface area contributed by atoms with E-state index in [0.29, 0.717) is 18.8 Å². The molecular formula is C14H15N5O4S. The van der Waals surface area contributed by atoms with Gasteiger partial charge in [-0.3, -0.25) is 29.5 Å². The topological polar surface area (TPSA) is 108 Å². The van der Waals surface area contributed by atoms with E-state index in [1.54, 1.807) is 13.8 Å². The summed E-state index contributed by atoms with van der Waals surface area (Å²) in [6.07, 6.45) is 0. The first-order chi connectivity index (χ1) is 11.4. The molecule has 2 rings (SSSR count). The lowest BCUT2D eigenvalue weighted by molar-refractivity contribution is -0.384. The quantitative estimate of drug-likeness (QED) is 0.266. The van der Waals surface area contributed by atoms with Crippen LogP contribution in [0.5, 0.6) is 0 Å². The number of hydrogen-bond acceptors (Lipinski definition) is 7. The zero-order valence-electron chi connectivity index (χ0n) is 13.1. The molecule has 10 heteroatoms. The van der Waals surface area contributed by atoms with Gasteiger partial charge in [0.15, 0.2) is 5.11 Å². The third-order valence-electron chi connectivity index (χ3n) is 3.44. The molecule has 0 bridgehead atoms. The smallest absolute Gasteiger partial charge is 0.269 e. The van der Waals surface area contributed by atoms with Gasteiger partial charge in [0.05, 0.1) is 10.6 Å². The molecule has 0 atom stereocenters. The normalized spacial score (nSPS) is 16.3. The lowest BCUT2D eigenvalue weighted by atomic mass is 10.2. The molecule has 0 aliphatic carbocycles. The lowest BCUT2D eigenvalue weighted by Gasteiger charge is -2.36. The van der Waals surface area contributed by atoms with Crippen molar-refractivity contribution in [3.05, 3.63) is 34.4 Å². The van der Waals surface area contributed by atoms with E-state index in [1.807, 2.05) is 0 Å². The van der Waals surface area contributed by atoms with Crippen molar-refractivity contribution in [3.63, 3.8) is 0 Å². The van der Waals surface area contributed by atoms with Crippen LogP contribution in [0.1, 0.15) is 13.8 Å². The Bertz CT molecular complexity index is 692. The van der Waals surface area contributed by atoms with Crippen LogP contribution in [-0.4, -0.2) is 50.8 Å². The van der Waals surface area contributed by atoms with Crippen molar-refractivity contribution in [3.8, 4) is 0 Å². The first kappa shape index (κ1) is 17.6. The number of azo groups is 1. The molecule has 2 amide bonds.